The standard InChI is InChI=1S/C26H23N3O5S2.Na/c30-20(15-35-19-9-5-2-6-10-19)27-21-24(32)29-22(26(33)34)17(14-36-25(21)29)13-16-11-12-28(23(16)31)18-7-3-1-4-8-18;/h1-10,13,21,25H,11-12,14-15H2,(H,27,30)(H,33,34);/q;+1/p-1/b16-13+;/t21-,25-;/m1./s1. The van der Waals surface area contributed by atoms with E-state index in [1.807, 2.05) is 60.7 Å². The van der Waals surface area contributed by atoms with Crippen LogP contribution in [-0.4, -0.2) is 58.1 Å². The summed E-state index contributed by atoms with van der Waals surface area (Å²) >= 11 is 2.71. The van der Waals surface area contributed by atoms with E-state index in [2.05, 4.69) is 5.32 Å². The molecule has 0 spiro atoms. The molecule has 3 aliphatic rings. The molecule has 5 rings (SSSR count). The van der Waals surface area contributed by atoms with Crippen LogP contribution in [0.5, 0.6) is 0 Å². The summed E-state index contributed by atoms with van der Waals surface area (Å²) in [6.45, 7) is 0.496. The minimum absolute atomic E-state index is 0. The maximum Gasteiger partial charge on any atom is 1.00 e. The van der Waals surface area contributed by atoms with Crippen molar-refractivity contribution in [1.82, 2.24) is 10.2 Å². The van der Waals surface area contributed by atoms with Crippen molar-refractivity contribution in [2.75, 3.05) is 23.0 Å². The van der Waals surface area contributed by atoms with Crippen LogP contribution in [0.25, 0.3) is 0 Å². The number of allylic oxidation sites excluding steroid dienone is 1. The average molecular weight is 544 g/mol. The summed E-state index contributed by atoms with van der Waals surface area (Å²) in [5.74, 6) is -2.03. The van der Waals surface area contributed by atoms with Gasteiger partial charge in [-0.1, -0.05) is 36.4 Å². The number of para-hydroxylation sites is 1. The van der Waals surface area contributed by atoms with Crippen molar-refractivity contribution >= 4 is 52.9 Å². The number of carboxylic acids is 1. The molecular weight excluding hydrogens is 521 g/mol. The van der Waals surface area contributed by atoms with Crippen molar-refractivity contribution in [3.8, 4) is 0 Å². The Balaban J connectivity index is 0.00000320. The Kier molecular flexibility index (Phi) is 8.86. The topological polar surface area (TPSA) is 110 Å². The van der Waals surface area contributed by atoms with Gasteiger partial charge >= 0.3 is 29.6 Å². The number of benzene rings is 2. The van der Waals surface area contributed by atoms with Gasteiger partial charge in [0, 0.05) is 28.5 Å². The van der Waals surface area contributed by atoms with E-state index in [4.69, 9.17) is 0 Å². The fourth-order valence-corrected chi connectivity index (χ4v) is 6.47. The molecule has 0 radical (unpaired) electrons. The maximum absolute atomic E-state index is 13.0. The predicted octanol–water partition coefficient (Wildman–Crippen LogP) is -1.45. The number of carboxylic acid groups (broad SMARTS) is 1. The van der Waals surface area contributed by atoms with Crippen LogP contribution in [0.15, 0.2) is 88.5 Å². The van der Waals surface area contributed by atoms with E-state index in [1.165, 1.54) is 28.4 Å². The van der Waals surface area contributed by atoms with Gasteiger partial charge in [0.2, 0.25) is 5.91 Å². The van der Waals surface area contributed by atoms with Crippen LogP contribution in [-0.2, 0) is 19.2 Å². The first kappa shape index (κ1) is 27.5. The van der Waals surface area contributed by atoms with Crippen LogP contribution >= 0.6 is 23.5 Å². The number of hydrogen-bond donors (Lipinski definition) is 1. The number of thioether (sulfide) groups is 2. The molecule has 0 aliphatic carbocycles. The zero-order valence-electron chi connectivity index (χ0n) is 20.1. The fraction of sp³-hybridized carbons (Fsp3) is 0.231. The molecule has 3 aliphatic heterocycles. The molecule has 2 aromatic carbocycles. The van der Waals surface area contributed by atoms with E-state index < -0.39 is 23.3 Å². The summed E-state index contributed by atoms with van der Waals surface area (Å²) in [6, 6.07) is 17.9. The number of β-lactam (4-membered cyclic amide) rings is 1. The zero-order valence-corrected chi connectivity index (χ0v) is 23.7. The number of amides is 3. The first-order valence-electron chi connectivity index (χ1n) is 11.4. The molecule has 2 saturated heterocycles. The molecule has 8 nitrogen and oxygen atoms in total. The molecule has 2 atom stereocenters. The molecule has 2 aromatic rings. The van der Waals surface area contributed by atoms with Gasteiger partial charge in [-0.2, -0.15) is 0 Å². The van der Waals surface area contributed by atoms with Crippen LogP contribution in [0.1, 0.15) is 6.42 Å². The largest absolute Gasteiger partial charge is 1.00 e. The molecule has 2 fully saturated rings. The Morgan fingerprint density at radius 3 is 2.43 bits per heavy atom. The van der Waals surface area contributed by atoms with Crippen molar-refractivity contribution in [3.05, 3.63) is 83.6 Å². The third kappa shape index (κ3) is 5.68. The van der Waals surface area contributed by atoms with Crippen LogP contribution in [0.2, 0.25) is 0 Å². The number of carbonyl (C=O) groups excluding carboxylic acids is 4. The zero-order chi connectivity index (χ0) is 25.2. The molecule has 0 unspecified atom stereocenters. The molecule has 11 heteroatoms. The molecule has 1 N–H and O–H groups in total. The normalized spacial score (nSPS) is 21.9. The molecule has 3 amide bonds. The summed E-state index contributed by atoms with van der Waals surface area (Å²) in [6.07, 6.45) is 2.05. The number of hydrogen-bond acceptors (Lipinski definition) is 7. The van der Waals surface area contributed by atoms with E-state index in [9.17, 15) is 24.3 Å². The maximum atomic E-state index is 13.0. The van der Waals surface area contributed by atoms with E-state index >= 15 is 0 Å². The first-order valence-corrected chi connectivity index (χ1v) is 13.4. The molecule has 0 bridgehead atoms. The van der Waals surface area contributed by atoms with Gasteiger partial charge in [-0.25, -0.2) is 0 Å². The van der Waals surface area contributed by atoms with Crippen LogP contribution in [0, 0.1) is 0 Å². The van der Waals surface area contributed by atoms with Gasteiger partial charge in [-0.15, -0.1) is 23.5 Å². The van der Waals surface area contributed by atoms with Crippen molar-refractivity contribution < 1.29 is 53.8 Å². The summed E-state index contributed by atoms with van der Waals surface area (Å²) in [7, 11) is 0. The van der Waals surface area contributed by atoms with Crippen molar-refractivity contribution in [1.29, 1.82) is 0 Å². The first-order chi connectivity index (χ1) is 17.4. The smallest absolute Gasteiger partial charge is 0.543 e. The third-order valence-corrected chi connectivity index (χ3v) is 8.48. The monoisotopic (exact) mass is 543 g/mol. The number of nitrogens with one attached hydrogen (secondary N) is 1. The number of rotatable bonds is 7. The summed E-state index contributed by atoms with van der Waals surface area (Å²) in [5.41, 5.74) is 1.40. The quantitative estimate of drug-likeness (QED) is 0.197. The van der Waals surface area contributed by atoms with Gasteiger partial charge in [0.1, 0.15) is 11.4 Å². The predicted molar refractivity (Wildman–Crippen MR) is 136 cm³/mol. The minimum atomic E-state index is -1.48. The van der Waals surface area contributed by atoms with Gasteiger partial charge in [-0.3, -0.25) is 19.3 Å². The van der Waals surface area contributed by atoms with Gasteiger partial charge in [0.25, 0.3) is 11.8 Å². The third-order valence-electron chi connectivity index (χ3n) is 6.16. The van der Waals surface area contributed by atoms with Crippen LogP contribution < -0.4 is 44.9 Å². The Labute approximate surface area is 244 Å². The summed E-state index contributed by atoms with van der Waals surface area (Å²) in [5, 5.41) is 14.2. The number of nitrogens with zero attached hydrogens (tertiary/aromatic N) is 2. The van der Waals surface area contributed by atoms with Crippen molar-refractivity contribution in [3.63, 3.8) is 0 Å². The van der Waals surface area contributed by atoms with E-state index in [-0.39, 0.29) is 58.6 Å². The Bertz CT molecular complexity index is 1290. The Morgan fingerprint density at radius 2 is 1.76 bits per heavy atom. The van der Waals surface area contributed by atoms with Crippen molar-refractivity contribution in [2.45, 2.75) is 22.7 Å². The van der Waals surface area contributed by atoms with Crippen LogP contribution in [0.4, 0.5) is 5.69 Å². The number of anilines is 1. The van der Waals surface area contributed by atoms with Crippen molar-refractivity contribution in [2.24, 2.45) is 0 Å². The van der Waals surface area contributed by atoms with E-state index in [0.29, 0.717) is 24.1 Å². The van der Waals surface area contributed by atoms with Gasteiger partial charge in [0.15, 0.2) is 0 Å². The minimum Gasteiger partial charge on any atom is -0.543 e. The molecule has 0 aromatic heterocycles. The average Bonchev–Trinajstić information content (AvgIpc) is 3.26. The summed E-state index contributed by atoms with van der Waals surface area (Å²) in [4.78, 5) is 54.1. The number of carbonyl (C=O) groups is 4. The van der Waals surface area contributed by atoms with Gasteiger partial charge in [0.05, 0.1) is 17.4 Å². The molecule has 3 heterocycles. The summed E-state index contributed by atoms with van der Waals surface area (Å²) < 4.78 is 0. The van der Waals surface area contributed by atoms with E-state index in [0.717, 1.165) is 10.6 Å². The molecule has 37 heavy (non-hydrogen) atoms. The molecular formula is C26H22N3NaO5S2. The Morgan fingerprint density at radius 1 is 1.08 bits per heavy atom. The second-order valence-electron chi connectivity index (χ2n) is 8.43. The molecule has 0 saturated carbocycles. The van der Waals surface area contributed by atoms with Gasteiger partial charge in [-0.05, 0) is 42.3 Å². The second-order valence-corrected chi connectivity index (χ2v) is 10.6. The second kappa shape index (κ2) is 11.9. The number of aliphatic carboxylic acids is 1. The molecule has 184 valence electrons. The van der Waals surface area contributed by atoms with Crippen LogP contribution in [0.3, 0.4) is 0 Å². The fourth-order valence-electron chi connectivity index (χ4n) is 4.44. The van der Waals surface area contributed by atoms with E-state index in [1.54, 1.807) is 11.0 Å². The number of fused-ring (bicyclic) bond motifs is 1. The SMILES string of the molecule is O=C(CSc1ccccc1)N[C@@H]1C(=O)N2C(C(=O)[O-])=C(/C=C3\CCN(c4ccccc4)C3=O)CS[C@H]12.[Na+]. The Hall–Kier alpha value is -2.50. The van der Waals surface area contributed by atoms with Gasteiger partial charge < -0.3 is 20.1 Å².